The zero-order valence-electron chi connectivity index (χ0n) is 13.9. The smallest absolute Gasteiger partial charge is 0.122 e. The number of benzene rings is 1. The quantitative estimate of drug-likeness (QED) is 0.822. The van der Waals surface area contributed by atoms with E-state index in [0.717, 1.165) is 29.7 Å². The Bertz CT molecular complexity index is 490. The van der Waals surface area contributed by atoms with Gasteiger partial charge in [-0.1, -0.05) is 18.5 Å². The summed E-state index contributed by atoms with van der Waals surface area (Å²) < 4.78 is 5.51. The summed E-state index contributed by atoms with van der Waals surface area (Å²) in [6.45, 7) is 10.1. The number of nitrogens with one attached hydrogen (secondary N) is 1. The summed E-state index contributed by atoms with van der Waals surface area (Å²) in [4.78, 5) is 0. The van der Waals surface area contributed by atoms with E-state index < -0.39 is 0 Å². The molecule has 2 rings (SSSR count). The molecule has 118 valence electrons. The molecule has 3 heteroatoms. The van der Waals surface area contributed by atoms with E-state index in [4.69, 9.17) is 16.3 Å². The average Bonchev–Trinajstić information content (AvgIpc) is 3.20. The Kier molecular flexibility index (Phi) is 4.89. The number of ether oxygens (including phenoxy) is 1. The zero-order valence-corrected chi connectivity index (χ0v) is 14.7. The summed E-state index contributed by atoms with van der Waals surface area (Å²) in [6.07, 6.45) is 3.68. The van der Waals surface area contributed by atoms with Gasteiger partial charge in [-0.2, -0.15) is 0 Å². The molecule has 2 nitrogen and oxygen atoms in total. The van der Waals surface area contributed by atoms with Gasteiger partial charge < -0.3 is 10.1 Å². The second-order valence-corrected chi connectivity index (χ2v) is 8.10. The maximum Gasteiger partial charge on any atom is 0.122 e. The minimum atomic E-state index is 0.147. The van der Waals surface area contributed by atoms with Crippen LogP contribution in [-0.4, -0.2) is 19.2 Å². The number of rotatable bonds is 6. The van der Waals surface area contributed by atoms with Crippen molar-refractivity contribution in [2.45, 2.75) is 52.5 Å². The Balaban J connectivity index is 2.18. The van der Waals surface area contributed by atoms with Gasteiger partial charge >= 0.3 is 0 Å². The second kappa shape index (κ2) is 6.18. The molecule has 0 saturated heterocycles. The molecular weight excluding hydrogens is 282 g/mol. The summed E-state index contributed by atoms with van der Waals surface area (Å²) in [5.41, 5.74) is 1.62. The SMILES string of the molecule is COc1ccc(Cl)cc1CC(C)(CNC(C)(C)C)C1CC1. The van der Waals surface area contributed by atoms with Crippen molar-refractivity contribution in [2.24, 2.45) is 11.3 Å². The Morgan fingerprint density at radius 2 is 1.90 bits per heavy atom. The highest BCUT2D eigenvalue weighted by Crippen LogP contribution is 2.48. The van der Waals surface area contributed by atoms with Crippen LogP contribution in [0.1, 0.15) is 46.1 Å². The van der Waals surface area contributed by atoms with E-state index in [2.05, 4.69) is 39.1 Å². The first-order valence-corrected chi connectivity index (χ1v) is 8.19. The fourth-order valence-electron chi connectivity index (χ4n) is 2.92. The van der Waals surface area contributed by atoms with Crippen molar-refractivity contribution in [2.75, 3.05) is 13.7 Å². The maximum atomic E-state index is 6.18. The predicted octanol–water partition coefficient (Wildman–Crippen LogP) is 4.70. The van der Waals surface area contributed by atoms with Gasteiger partial charge in [0.1, 0.15) is 5.75 Å². The molecule has 1 atom stereocenters. The van der Waals surface area contributed by atoms with Crippen LogP contribution in [0.2, 0.25) is 5.02 Å². The molecule has 0 aliphatic heterocycles. The van der Waals surface area contributed by atoms with Crippen LogP contribution in [0.4, 0.5) is 0 Å². The van der Waals surface area contributed by atoms with Crippen LogP contribution in [-0.2, 0) is 6.42 Å². The van der Waals surface area contributed by atoms with E-state index in [0.29, 0.717) is 0 Å². The Labute approximate surface area is 134 Å². The first kappa shape index (κ1) is 16.6. The molecule has 1 aliphatic rings. The number of halogens is 1. The van der Waals surface area contributed by atoms with E-state index >= 15 is 0 Å². The van der Waals surface area contributed by atoms with Crippen LogP contribution in [0.25, 0.3) is 0 Å². The van der Waals surface area contributed by atoms with Gasteiger partial charge in [-0.3, -0.25) is 0 Å². The summed E-state index contributed by atoms with van der Waals surface area (Å²) in [7, 11) is 1.73. The van der Waals surface area contributed by atoms with E-state index in [1.54, 1.807) is 7.11 Å². The first-order valence-electron chi connectivity index (χ1n) is 7.81. The molecule has 1 fully saturated rings. The van der Waals surface area contributed by atoms with Crippen LogP contribution in [0, 0.1) is 11.3 Å². The van der Waals surface area contributed by atoms with Crippen LogP contribution in [0.15, 0.2) is 18.2 Å². The van der Waals surface area contributed by atoms with Crippen molar-refractivity contribution in [1.82, 2.24) is 5.32 Å². The highest BCUT2D eigenvalue weighted by Gasteiger charge is 2.42. The molecule has 1 aliphatic carbocycles. The van der Waals surface area contributed by atoms with Crippen LogP contribution < -0.4 is 10.1 Å². The molecule has 0 radical (unpaired) electrons. The minimum absolute atomic E-state index is 0.147. The molecule has 0 aromatic heterocycles. The van der Waals surface area contributed by atoms with Gasteiger partial charge in [0, 0.05) is 17.1 Å². The molecular formula is C18H28ClNO. The van der Waals surface area contributed by atoms with Gasteiger partial charge in [0.15, 0.2) is 0 Å². The third-order valence-electron chi connectivity index (χ3n) is 4.42. The summed E-state index contributed by atoms with van der Waals surface area (Å²) in [5.74, 6) is 1.75. The number of hydrogen-bond acceptors (Lipinski definition) is 2. The van der Waals surface area contributed by atoms with Gasteiger partial charge in [0.25, 0.3) is 0 Å². The Morgan fingerprint density at radius 3 is 2.43 bits per heavy atom. The van der Waals surface area contributed by atoms with Gasteiger partial charge in [-0.15, -0.1) is 0 Å². The van der Waals surface area contributed by atoms with E-state index in [-0.39, 0.29) is 11.0 Å². The fraction of sp³-hybridized carbons (Fsp3) is 0.667. The fourth-order valence-corrected chi connectivity index (χ4v) is 3.11. The van der Waals surface area contributed by atoms with E-state index in [1.807, 2.05) is 12.1 Å². The van der Waals surface area contributed by atoms with Crippen LogP contribution >= 0.6 is 11.6 Å². The van der Waals surface area contributed by atoms with Crippen molar-refractivity contribution in [3.8, 4) is 5.75 Å². The lowest BCUT2D eigenvalue weighted by Crippen LogP contribution is -2.44. The van der Waals surface area contributed by atoms with Crippen LogP contribution in [0.5, 0.6) is 5.75 Å². The largest absolute Gasteiger partial charge is 0.496 e. The Hall–Kier alpha value is -0.730. The molecule has 0 heterocycles. The van der Waals surface area contributed by atoms with Crippen molar-refractivity contribution in [3.63, 3.8) is 0 Å². The highest BCUT2D eigenvalue weighted by atomic mass is 35.5. The van der Waals surface area contributed by atoms with E-state index in [1.165, 1.54) is 18.4 Å². The van der Waals surface area contributed by atoms with Gasteiger partial charge in [0.2, 0.25) is 0 Å². The second-order valence-electron chi connectivity index (χ2n) is 7.66. The topological polar surface area (TPSA) is 21.3 Å². The lowest BCUT2D eigenvalue weighted by molar-refractivity contribution is 0.225. The van der Waals surface area contributed by atoms with E-state index in [9.17, 15) is 0 Å². The zero-order chi connectivity index (χ0) is 15.7. The summed E-state index contributed by atoms with van der Waals surface area (Å²) in [6, 6.07) is 5.92. The molecule has 1 aromatic rings. The molecule has 1 aromatic carbocycles. The average molecular weight is 310 g/mol. The summed E-state index contributed by atoms with van der Waals surface area (Å²) in [5, 5.41) is 4.47. The molecule has 1 N–H and O–H groups in total. The van der Waals surface area contributed by atoms with Crippen LogP contribution in [0.3, 0.4) is 0 Å². The normalized spacial score (nSPS) is 18.4. The highest BCUT2D eigenvalue weighted by molar-refractivity contribution is 6.30. The minimum Gasteiger partial charge on any atom is -0.496 e. The lowest BCUT2D eigenvalue weighted by Gasteiger charge is -2.34. The molecule has 21 heavy (non-hydrogen) atoms. The third-order valence-corrected chi connectivity index (χ3v) is 4.66. The standard InChI is InChI=1S/C18H28ClNO/c1-17(2,3)20-12-18(4,14-6-7-14)11-13-10-15(19)8-9-16(13)21-5/h8-10,14,20H,6-7,11-12H2,1-5H3. The molecule has 1 saturated carbocycles. The first-order chi connectivity index (χ1) is 9.73. The van der Waals surface area contributed by atoms with Crippen molar-refractivity contribution in [3.05, 3.63) is 28.8 Å². The Morgan fingerprint density at radius 1 is 1.24 bits per heavy atom. The molecule has 1 unspecified atom stereocenters. The molecule has 0 spiro atoms. The van der Waals surface area contributed by atoms with Gasteiger partial charge in [0.05, 0.1) is 7.11 Å². The number of methoxy groups -OCH3 is 1. The predicted molar refractivity (Wildman–Crippen MR) is 90.3 cm³/mol. The van der Waals surface area contributed by atoms with Gasteiger partial charge in [-0.25, -0.2) is 0 Å². The molecule has 0 amide bonds. The van der Waals surface area contributed by atoms with Crippen molar-refractivity contribution >= 4 is 11.6 Å². The molecule has 0 bridgehead atoms. The monoisotopic (exact) mass is 309 g/mol. The maximum absolute atomic E-state index is 6.18. The third kappa shape index (κ3) is 4.62. The van der Waals surface area contributed by atoms with Gasteiger partial charge in [-0.05, 0) is 75.1 Å². The number of hydrogen-bond donors (Lipinski definition) is 1. The van der Waals surface area contributed by atoms with Crippen molar-refractivity contribution < 1.29 is 4.74 Å². The summed E-state index contributed by atoms with van der Waals surface area (Å²) >= 11 is 6.18. The van der Waals surface area contributed by atoms with Crippen molar-refractivity contribution in [1.29, 1.82) is 0 Å². The lowest BCUT2D eigenvalue weighted by atomic mass is 9.78.